The lowest BCUT2D eigenvalue weighted by Gasteiger charge is -2.19. The molecule has 1 aliphatic heterocycles. The Labute approximate surface area is 108 Å². The van der Waals surface area contributed by atoms with Crippen LogP contribution in [0.15, 0.2) is 18.2 Å². The monoisotopic (exact) mass is 257 g/mol. The van der Waals surface area contributed by atoms with Gasteiger partial charge in [-0.3, -0.25) is 24.8 Å². The third-order valence-electron chi connectivity index (χ3n) is 3.33. The fourth-order valence-corrected chi connectivity index (χ4v) is 2.36. The van der Waals surface area contributed by atoms with Crippen molar-refractivity contribution >= 4 is 29.0 Å². The van der Waals surface area contributed by atoms with Crippen LogP contribution in [-0.4, -0.2) is 28.3 Å². The number of amides is 2. The summed E-state index contributed by atoms with van der Waals surface area (Å²) in [5.41, 5.74) is 1.87. The molecule has 96 valence electrons. The number of carbonyl (C=O) groups excluding carboxylic acids is 3. The summed E-state index contributed by atoms with van der Waals surface area (Å²) >= 11 is 0. The van der Waals surface area contributed by atoms with Gasteiger partial charge in [-0.05, 0) is 12.5 Å². The molecule has 0 saturated carbocycles. The number of imide groups is 1. The Morgan fingerprint density at radius 3 is 2.89 bits per heavy atom. The Hall–Kier alpha value is -2.50. The largest absolute Gasteiger partial charge is 0.298 e. The maximum absolute atomic E-state index is 11.8. The summed E-state index contributed by atoms with van der Waals surface area (Å²) in [4.78, 5) is 33.7. The molecule has 0 spiro atoms. The van der Waals surface area contributed by atoms with Gasteiger partial charge in [-0.25, -0.2) is 0 Å². The standard InChI is InChI=1S/C13H11N3O3/c17-6-7-1-2-8-10(5-7)15-16-12(8)9-3-4-11(18)14-13(9)19/h1-2,5-6,9H,3-4H2,(H,15,16)(H,14,18,19). The van der Waals surface area contributed by atoms with Crippen LogP contribution >= 0.6 is 0 Å². The number of fused-ring (bicyclic) bond motifs is 1. The molecule has 1 fully saturated rings. The van der Waals surface area contributed by atoms with Crippen LogP contribution in [-0.2, 0) is 9.59 Å². The van der Waals surface area contributed by atoms with Crippen molar-refractivity contribution in [2.45, 2.75) is 18.8 Å². The van der Waals surface area contributed by atoms with Crippen molar-refractivity contribution in [1.29, 1.82) is 0 Å². The van der Waals surface area contributed by atoms with Gasteiger partial charge in [-0.2, -0.15) is 5.10 Å². The first-order valence-electron chi connectivity index (χ1n) is 5.96. The van der Waals surface area contributed by atoms with E-state index in [1.54, 1.807) is 18.2 Å². The highest BCUT2D eigenvalue weighted by atomic mass is 16.2. The van der Waals surface area contributed by atoms with Crippen LogP contribution in [0.25, 0.3) is 10.9 Å². The second-order valence-corrected chi connectivity index (χ2v) is 4.54. The van der Waals surface area contributed by atoms with Gasteiger partial charge in [0, 0.05) is 17.4 Å². The van der Waals surface area contributed by atoms with E-state index in [4.69, 9.17) is 0 Å². The minimum absolute atomic E-state index is 0.242. The lowest BCUT2D eigenvalue weighted by Crippen LogP contribution is -2.39. The molecule has 0 bridgehead atoms. The van der Waals surface area contributed by atoms with Gasteiger partial charge < -0.3 is 0 Å². The average Bonchev–Trinajstić information content (AvgIpc) is 2.81. The SMILES string of the molecule is O=Cc1ccc2c(C3CCC(=O)NC3=O)[nH]nc2c1. The van der Waals surface area contributed by atoms with Crippen molar-refractivity contribution < 1.29 is 14.4 Å². The second kappa shape index (κ2) is 4.31. The van der Waals surface area contributed by atoms with E-state index < -0.39 is 5.92 Å². The highest BCUT2D eigenvalue weighted by Crippen LogP contribution is 2.29. The number of rotatable bonds is 2. The van der Waals surface area contributed by atoms with E-state index >= 15 is 0 Å². The molecule has 3 rings (SSSR count). The van der Waals surface area contributed by atoms with Gasteiger partial charge >= 0.3 is 0 Å². The minimum atomic E-state index is -0.398. The first-order chi connectivity index (χ1) is 9.19. The van der Waals surface area contributed by atoms with Crippen molar-refractivity contribution in [3.05, 3.63) is 29.5 Å². The van der Waals surface area contributed by atoms with E-state index in [0.29, 0.717) is 29.6 Å². The molecule has 1 unspecified atom stereocenters. The second-order valence-electron chi connectivity index (χ2n) is 4.54. The molecule has 2 heterocycles. The van der Waals surface area contributed by atoms with Crippen LogP contribution in [0.4, 0.5) is 0 Å². The summed E-state index contributed by atoms with van der Waals surface area (Å²) in [6.07, 6.45) is 1.54. The summed E-state index contributed by atoms with van der Waals surface area (Å²) in [6, 6.07) is 5.11. The van der Waals surface area contributed by atoms with E-state index in [1.807, 2.05) is 0 Å². The van der Waals surface area contributed by atoms with E-state index in [2.05, 4.69) is 15.5 Å². The van der Waals surface area contributed by atoms with Gasteiger partial charge in [0.25, 0.3) is 0 Å². The molecule has 6 heteroatoms. The molecule has 2 N–H and O–H groups in total. The Morgan fingerprint density at radius 2 is 2.16 bits per heavy atom. The van der Waals surface area contributed by atoms with E-state index in [0.717, 1.165) is 11.7 Å². The summed E-state index contributed by atoms with van der Waals surface area (Å²) < 4.78 is 0. The molecule has 2 aromatic rings. The predicted octanol–water partition coefficient (Wildman–Crippen LogP) is 0.896. The number of hydrogen-bond donors (Lipinski definition) is 2. The summed E-state index contributed by atoms with van der Waals surface area (Å²) in [7, 11) is 0. The summed E-state index contributed by atoms with van der Waals surface area (Å²) in [5, 5.41) is 10.1. The first kappa shape index (κ1) is 11.6. The number of H-pyrrole nitrogens is 1. The Kier molecular flexibility index (Phi) is 2.63. The fourth-order valence-electron chi connectivity index (χ4n) is 2.36. The smallest absolute Gasteiger partial charge is 0.235 e. The molecule has 1 aromatic carbocycles. The first-order valence-corrected chi connectivity index (χ1v) is 5.96. The van der Waals surface area contributed by atoms with Crippen LogP contribution in [0.1, 0.15) is 34.8 Å². The molecule has 19 heavy (non-hydrogen) atoms. The molecule has 1 atom stereocenters. The molecule has 1 aliphatic rings. The van der Waals surface area contributed by atoms with Crippen LogP contribution < -0.4 is 5.32 Å². The van der Waals surface area contributed by atoms with Crippen molar-refractivity contribution in [3.8, 4) is 0 Å². The highest BCUT2D eigenvalue weighted by molar-refractivity contribution is 6.02. The molecule has 0 radical (unpaired) electrons. The van der Waals surface area contributed by atoms with Crippen LogP contribution in [0.2, 0.25) is 0 Å². The van der Waals surface area contributed by atoms with Crippen LogP contribution in [0.3, 0.4) is 0 Å². The molecular formula is C13H11N3O3. The minimum Gasteiger partial charge on any atom is -0.298 e. The number of hydrogen-bond acceptors (Lipinski definition) is 4. The van der Waals surface area contributed by atoms with Gasteiger partial charge in [0.1, 0.15) is 6.29 Å². The molecular weight excluding hydrogens is 246 g/mol. The van der Waals surface area contributed by atoms with Gasteiger partial charge in [-0.1, -0.05) is 12.1 Å². The number of nitrogens with one attached hydrogen (secondary N) is 2. The normalized spacial score (nSPS) is 19.5. The molecule has 1 aromatic heterocycles. The van der Waals surface area contributed by atoms with Gasteiger partial charge in [0.2, 0.25) is 11.8 Å². The van der Waals surface area contributed by atoms with Crippen LogP contribution in [0.5, 0.6) is 0 Å². The predicted molar refractivity (Wildman–Crippen MR) is 66.6 cm³/mol. The molecule has 2 amide bonds. The Morgan fingerprint density at radius 1 is 1.32 bits per heavy atom. The van der Waals surface area contributed by atoms with Crippen LogP contribution in [0, 0.1) is 0 Å². The highest BCUT2D eigenvalue weighted by Gasteiger charge is 2.30. The molecule has 0 aliphatic carbocycles. The third-order valence-corrected chi connectivity index (χ3v) is 3.33. The number of benzene rings is 1. The zero-order valence-electron chi connectivity index (χ0n) is 9.97. The van der Waals surface area contributed by atoms with Gasteiger partial charge in [0.15, 0.2) is 0 Å². The van der Waals surface area contributed by atoms with Crippen molar-refractivity contribution in [1.82, 2.24) is 15.5 Å². The third kappa shape index (κ3) is 1.91. The molecule has 1 saturated heterocycles. The maximum Gasteiger partial charge on any atom is 0.235 e. The number of aromatic amines is 1. The molecule has 6 nitrogen and oxygen atoms in total. The zero-order valence-corrected chi connectivity index (χ0v) is 9.97. The van der Waals surface area contributed by atoms with E-state index in [-0.39, 0.29) is 11.8 Å². The Balaban J connectivity index is 2.03. The number of nitrogens with zero attached hydrogens (tertiary/aromatic N) is 1. The van der Waals surface area contributed by atoms with Crippen molar-refractivity contribution in [2.75, 3.05) is 0 Å². The van der Waals surface area contributed by atoms with E-state index in [1.165, 1.54) is 0 Å². The quantitative estimate of drug-likeness (QED) is 0.617. The summed E-state index contributed by atoms with van der Waals surface area (Å²) in [6.45, 7) is 0. The maximum atomic E-state index is 11.8. The number of carbonyl (C=O) groups is 3. The zero-order chi connectivity index (χ0) is 13.4. The van der Waals surface area contributed by atoms with E-state index in [9.17, 15) is 14.4 Å². The Bertz CT molecular complexity index is 689. The topological polar surface area (TPSA) is 91.9 Å². The van der Waals surface area contributed by atoms with Gasteiger partial charge in [-0.15, -0.1) is 0 Å². The van der Waals surface area contributed by atoms with Crippen molar-refractivity contribution in [2.24, 2.45) is 0 Å². The van der Waals surface area contributed by atoms with Crippen molar-refractivity contribution in [3.63, 3.8) is 0 Å². The van der Waals surface area contributed by atoms with Gasteiger partial charge in [0.05, 0.1) is 17.1 Å². The summed E-state index contributed by atoms with van der Waals surface area (Å²) in [5.74, 6) is -0.945. The number of aromatic nitrogens is 2. The number of piperidine rings is 1. The average molecular weight is 257 g/mol. The number of aldehydes is 1. The lowest BCUT2D eigenvalue weighted by atomic mass is 9.92. The fraction of sp³-hybridized carbons (Fsp3) is 0.231. The lowest BCUT2D eigenvalue weighted by molar-refractivity contribution is -0.134.